The second-order valence-corrected chi connectivity index (χ2v) is 7.21. The number of phenolic OH excluding ortho intramolecular Hbond substituents is 1. The number of imidazole rings is 1. The zero-order valence-electron chi connectivity index (χ0n) is 14.7. The molecule has 3 heterocycles. The molecule has 0 atom stereocenters. The standard InChI is InChI=1S/C19H17N5O2S/c1-9-3-4-13(25)10(2)15(9)11-6-24-7-12(14-5-22-8-27-14)23-19(24)16(17(11)20)18(21)26/h3-8,25H,20H2,1-2H3,(H2,21,26). The maximum Gasteiger partial charge on any atom is 0.254 e. The molecule has 0 aliphatic rings. The molecule has 0 fully saturated rings. The van der Waals surface area contributed by atoms with Crippen LogP contribution in [-0.4, -0.2) is 25.4 Å². The number of amides is 1. The fraction of sp³-hybridized carbons (Fsp3) is 0.105. The van der Waals surface area contributed by atoms with E-state index in [2.05, 4.69) is 9.97 Å². The number of pyridine rings is 1. The van der Waals surface area contributed by atoms with Gasteiger partial charge in [-0.1, -0.05) is 6.07 Å². The fourth-order valence-electron chi connectivity index (χ4n) is 3.29. The lowest BCUT2D eigenvalue weighted by Crippen LogP contribution is -2.16. The van der Waals surface area contributed by atoms with Crippen LogP contribution in [-0.2, 0) is 0 Å². The SMILES string of the molecule is Cc1ccc(O)c(C)c1-c1cn2cc(-c3cncs3)nc2c(C(N)=O)c1N. The van der Waals surface area contributed by atoms with E-state index < -0.39 is 5.91 Å². The van der Waals surface area contributed by atoms with Crippen LogP contribution in [0, 0.1) is 13.8 Å². The number of carbonyl (C=O) groups is 1. The molecule has 4 rings (SSSR count). The van der Waals surface area contributed by atoms with Gasteiger partial charge in [-0.3, -0.25) is 9.78 Å². The fourth-order valence-corrected chi connectivity index (χ4v) is 3.87. The van der Waals surface area contributed by atoms with Crippen molar-refractivity contribution in [3.05, 3.63) is 52.9 Å². The second kappa shape index (κ2) is 6.10. The quantitative estimate of drug-likeness (QED) is 0.505. The highest BCUT2D eigenvalue weighted by Crippen LogP contribution is 2.38. The van der Waals surface area contributed by atoms with Crippen LogP contribution in [0.3, 0.4) is 0 Å². The van der Waals surface area contributed by atoms with Crippen LogP contribution in [0.25, 0.3) is 27.3 Å². The van der Waals surface area contributed by atoms with Crippen LogP contribution in [0.2, 0.25) is 0 Å². The Bertz CT molecular complexity index is 1200. The number of benzene rings is 1. The molecule has 1 aromatic carbocycles. The first-order valence-corrected chi connectivity index (χ1v) is 9.05. The number of nitrogens with two attached hydrogens (primary N) is 2. The molecule has 0 aliphatic heterocycles. The van der Waals surface area contributed by atoms with Gasteiger partial charge in [0.15, 0.2) is 5.65 Å². The van der Waals surface area contributed by atoms with E-state index in [0.29, 0.717) is 22.5 Å². The Morgan fingerprint density at radius 1 is 1.26 bits per heavy atom. The monoisotopic (exact) mass is 379 g/mol. The topological polar surface area (TPSA) is 120 Å². The molecular weight excluding hydrogens is 362 g/mol. The number of hydrogen-bond acceptors (Lipinski definition) is 6. The summed E-state index contributed by atoms with van der Waals surface area (Å²) in [5.41, 5.74) is 18.2. The lowest BCUT2D eigenvalue weighted by Gasteiger charge is -2.16. The van der Waals surface area contributed by atoms with Gasteiger partial charge in [0.25, 0.3) is 5.91 Å². The molecule has 7 nitrogen and oxygen atoms in total. The summed E-state index contributed by atoms with van der Waals surface area (Å²) in [6.07, 6.45) is 5.33. The Morgan fingerprint density at radius 2 is 2.04 bits per heavy atom. The van der Waals surface area contributed by atoms with E-state index in [0.717, 1.165) is 16.0 Å². The van der Waals surface area contributed by atoms with Crippen molar-refractivity contribution in [3.8, 4) is 27.4 Å². The van der Waals surface area contributed by atoms with Crippen LogP contribution >= 0.6 is 11.3 Å². The molecule has 136 valence electrons. The lowest BCUT2D eigenvalue weighted by atomic mass is 9.93. The van der Waals surface area contributed by atoms with E-state index in [4.69, 9.17) is 11.5 Å². The van der Waals surface area contributed by atoms with Gasteiger partial charge in [-0.25, -0.2) is 4.98 Å². The van der Waals surface area contributed by atoms with Crippen LogP contribution in [0.5, 0.6) is 5.75 Å². The molecule has 3 aromatic heterocycles. The third-order valence-electron chi connectivity index (χ3n) is 4.63. The van der Waals surface area contributed by atoms with E-state index in [-0.39, 0.29) is 17.0 Å². The Morgan fingerprint density at radius 3 is 2.70 bits per heavy atom. The number of nitrogen functional groups attached to an aromatic ring is 1. The van der Waals surface area contributed by atoms with E-state index in [1.54, 1.807) is 22.2 Å². The number of thiazole rings is 1. The minimum Gasteiger partial charge on any atom is -0.508 e. The molecular formula is C19H17N5O2S. The first kappa shape index (κ1) is 17.0. The summed E-state index contributed by atoms with van der Waals surface area (Å²) in [5, 5.41) is 10.1. The molecule has 0 unspecified atom stereocenters. The molecule has 4 aromatic rings. The number of aryl methyl sites for hydroxylation is 1. The normalized spacial score (nSPS) is 11.2. The van der Waals surface area contributed by atoms with Gasteiger partial charge in [-0.15, -0.1) is 11.3 Å². The van der Waals surface area contributed by atoms with E-state index >= 15 is 0 Å². The summed E-state index contributed by atoms with van der Waals surface area (Å²) in [7, 11) is 0. The molecule has 0 saturated heterocycles. The molecule has 0 aliphatic carbocycles. The van der Waals surface area contributed by atoms with Gasteiger partial charge in [0.1, 0.15) is 17.0 Å². The summed E-state index contributed by atoms with van der Waals surface area (Å²) in [5.74, 6) is -0.497. The van der Waals surface area contributed by atoms with E-state index in [9.17, 15) is 9.90 Å². The Hall–Kier alpha value is -3.39. The highest BCUT2D eigenvalue weighted by Gasteiger charge is 2.22. The minimum absolute atomic E-state index is 0.158. The smallest absolute Gasteiger partial charge is 0.254 e. The molecule has 0 bridgehead atoms. The number of primary amides is 1. The van der Waals surface area contributed by atoms with Crippen LogP contribution in [0.15, 0.2) is 36.2 Å². The number of fused-ring (bicyclic) bond motifs is 1. The average Bonchev–Trinajstić information content (AvgIpc) is 3.27. The minimum atomic E-state index is -0.656. The number of aromatic hydroxyl groups is 1. The zero-order valence-corrected chi connectivity index (χ0v) is 15.5. The number of hydrogen-bond donors (Lipinski definition) is 3. The van der Waals surface area contributed by atoms with Gasteiger partial charge in [0.05, 0.1) is 16.1 Å². The van der Waals surface area contributed by atoms with Gasteiger partial charge in [-0.05, 0) is 36.6 Å². The number of anilines is 1. The zero-order chi connectivity index (χ0) is 19.3. The summed E-state index contributed by atoms with van der Waals surface area (Å²) < 4.78 is 1.74. The highest BCUT2D eigenvalue weighted by atomic mass is 32.1. The maximum absolute atomic E-state index is 12.2. The van der Waals surface area contributed by atoms with Crippen LogP contribution in [0.4, 0.5) is 5.69 Å². The van der Waals surface area contributed by atoms with Gasteiger partial charge in [-0.2, -0.15) is 0 Å². The predicted molar refractivity (Wildman–Crippen MR) is 106 cm³/mol. The first-order valence-electron chi connectivity index (χ1n) is 8.18. The Labute approximate surface area is 158 Å². The maximum atomic E-state index is 12.2. The van der Waals surface area contributed by atoms with Gasteiger partial charge in [0.2, 0.25) is 0 Å². The average molecular weight is 379 g/mol. The summed E-state index contributed by atoms with van der Waals surface area (Å²) in [6, 6.07) is 3.44. The largest absolute Gasteiger partial charge is 0.508 e. The van der Waals surface area contributed by atoms with Crippen molar-refractivity contribution in [2.75, 3.05) is 5.73 Å². The van der Waals surface area contributed by atoms with Crippen LogP contribution in [0.1, 0.15) is 21.5 Å². The van der Waals surface area contributed by atoms with Crippen LogP contribution < -0.4 is 11.5 Å². The van der Waals surface area contributed by atoms with Gasteiger partial charge in [0, 0.05) is 24.2 Å². The first-order chi connectivity index (χ1) is 12.9. The van der Waals surface area contributed by atoms with E-state index in [1.165, 1.54) is 11.3 Å². The van der Waals surface area contributed by atoms with Crippen molar-refractivity contribution in [1.82, 2.24) is 14.4 Å². The molecule has 5 N–H and O–H groups in total. The third kappa shape index (κ3) is 2.61. The van der Waals surface area contributed by atoms with Crippen molar-refractivity contribution in [2.24, 2.45) is 5.73 Å². The predicted octanol–water partition coefficient (Wildman–Crippen LogP) is 3.13. The molecule has 0 radical (unpaired) electrons. The second-order valence-electron chi connectivity index (χ2n) is 6.32. The summed E-state index contributed by atoms with van der Waals surface area (Å²) in [6.45, 7) is 3.73. The van der Waals surface area contributed by atoms with Crippen molar-refractivity contribution < 1.29 is 9.90 Å². The van der Waals surface area contributed by atoms with Crippen molar-refractivity contribution in [3.63, 3.8) is 0 Å². The van der Waals surface area contributed by atoms with Crippen molar-refractivity contribution in [1.29, 1.82) is 0 Å². The third-order valence-corrected chi connectivity index (χ3v) is 5.42. The molecule has 1 amide bonds. The number of phenols is 1. The van der Waals surface area contributed by atoms with E-state index in [1.807, 2.05) is 32.3 Å². The van der Waals surface area contributed by atoms with Crippen molar-refractivity contribution in [2.45, 2.75) is 13.8 Å². The van der Waals surface area contributed by atoms with Gasteiger partial charge < -0.3 is 21.0 Å². The highest BCUT2D eigenvalue weighted by molar-refractivity contribution is 7.13. The Balaban J connectivity index is 2.08. The molecule has 27 heavy (non-hydrogen) atoms. The van der Waals surface area contributed by atoms with Gasteiger partial charge >= 0.3 is 0 Å². The summed E-state index contributed by atoms with van der Waals surface area (Å²) in [4.78, 5) is 21.7. The summed E-state index contributed by atoms with van der Waals surface area (Å²) >= 11 is 1.45. The number of nitrogens with zero attached hydrogens (tertiary/aromatic N) is 3. The number of carbonyl (C=O) groups excluding carboxylic acids is 1. The molecule has 8 heteroatoms. The van der Waals surface area contributed by atoms with Crippen molar-refractivity contribution >= 4 is 28.6 Å². The lowest BCUT2D eigenvalue weighted by molar-refractivity contribution is 0.100. The number of aromatic nitrogens is 3. The molecule has 0 spiro atoms. The molecule has 0 saturated carbocycles. The Kier molecular flexibility index (Phi) is 3.85. The number of rotatable bonds is 3.